The summed E-state index contributed by atoms with van der Waals surface area (Å²) in [6.07, 6.45) is 1.99. The zero-order valence-electron chi connectivity index (χ0n) is 6.86. The molecule has 0 bridgehead atoms. The van der Waals surface area contributed by atoms with Gasteiger partial charge in [-0.15, -0.1) is 0 Å². The van der Waals surface area contributed by atoms with Crippen molar-refractivity contribution in [3.63, 3.8) is 0 Å². The van der Waals surface area contributed by atoms with Gasteiger partial charge in [0.25, 0.3) is 0 Å². The fourth-order valence-corrected chi connectivity index (χ4v) is 1.65. The van der Waals surface area contributed by atoms with Gasteiger partial charge in [0.2, 0.25) is 0 Å². The molecule has 0 amide bonds. The van der Waals surface area contributed by atoms with Crippen LogP contribution in [-0.4, -0.2) is 19.6 Å². The molecule has 1 aromatic carbocycles. The molecule has 0 spiro atoms. The van der Waals surface area contributed by atoms with E-state index in [4.69, 9.17) is 0 Å². The second-order valence-corrected chi connectivity index (χ2v) is 4.59. The van der Waals surface area contributed by atoms with E-state index in [1.807, 2.05) is 41.4 Å². The van der Waals surface area contributed by atoms with Crippen molar-refractivity contribution in [1.29, 1.82) is 0 Å². The third kappa shape index (κ3) is 3.51. The molecule has 0 saturated carbocycles. The Morgan fingerprint density at radius 1 is 1.33 bits per heavy atom. The van der Waals surface area contributed by atoms with E-state index in [9.17, 15) is 4.79 Å². The van der Waals surface area contributed by atoms with Crippen molar-refractivity contribution in [2.24, 2.45) is 0 Å². The first-order valence-corrected chi connectivity index (χ1v) is 5.52. The van der Waals surface area contributed by atoms with Crippen LogP contribution in [0.4, 0.5) is 0 Å². The third-order valence-corrected chi connectivity index (χ3v) is 2.56. The van der Waals surface area contributed by atoms with Gasteiger partial charge in [0, 0.05) is 0 Å². The minimum atomic E-state index is 0.00976. The number of hydrogen-bond donors (Lipinski definition) is 0. The molecule has 1 rings (SSSR count). The Hall–Kier alpha value is -0.851. The minimum absolute atomic E-state index is 0.00976. The summed E-state index contributed by atoms with van der Waals surface area (Å²) in [5.74, 6) is 0. The first-order chi connectivity index (χ1) is 5.79. The van der Waals surface area contributed by atoms with Crippen LogP contribution in [-0.2, 0) is 4.79 Å². The number of rotatable bonds is 3. The Balaban J connectivity index is 2.52. The van der Waals surface area contributed by atoms with Crippen LogP contribution in [0.2, 0.25) is 0 Å². The number of hydrogen-bond acceptors (Lipinski definition) is 1. The topological polar surface area (TPSA) is 17.1 Å². The Labute approximate surface area is 78.6 Å². The normalized spacial score (nSPS) is 10.4. The zero-order valence-corrected chi connectivity index (χ0v) is 8.57. The van der Waals surface area contributed by atoms with E-state index in [1.165, 1.54) is 0 Å². The molecular weight excluding hydrogens is 215 g/mol. The van der Waals surface area contributed by atoms with Crippen LogP contribution < -0.4 is 0 Å². The summed E-state index contributed by atoms with van der Waals surface area (Å²) in [5.41, 5.74) is 1.15. The second-order valence-electron chi connectivity index (χ2n) is 2.32. The van der Waals surface area contributed by atoms with Crippen molar-refractivity contribution >= 4 is 25.7 Å². The van der Waals surface area contributed by atoms with Gasteiger partial charge in [-0.2, -0.15) is 0 Å². The molecular formula is C10H10OSe. The van der Waals surface area contributed by atoms with E-state index in [0.717, 1.165) is 5.56 Å². The first-order valence-electron chi connectivity index (χ1n) is 3.68. The molecule has 0 unspecified atom stereocenters. The molecule has 0 atom stereocenters. The van der Waals surface area contributed by atoms with Crippen molar-refractivity contribution in [1.82, 2.24) is 0 Å². The van der Waals surface area contributed by atoms with Crippen molar-refractivity contribution in [2.75, 3.05) is 0 Å². The standard InChI is InChI=1S/C10H10OSe/c1-9(11)12-8-7-10-5-3-2-4-6-10/h2-8H,1H3/b8-7-. The van der Waals surface area contributed by atoms with Gasteiger partial charge in [-0.25, -0.2) is 0 Å². The van der Waals surface area contributed by atoms with Gasteiger partial charge in [0.15, 0.2) is 0 Å². The fraction of sp³-hybridized carbons (Fsp3) is 0.100. The van der Waals surface area contributed by atoms with Gasteiger partial charge in [-0.05, 0) is 0 Å². The fourth-order valence-electron chi connectivity index (χ4n) is 0.773. The van der Waals surface area contributed by atoms with Gasteiger partial charge in [-0.1, -0.05) is 0 Å². The number of benzene rings is 1. The molecule has 0 fully saturated rings. The monoisotopic (exact) mass is 226 g/mol. The van der Waals surface area contributed by atoms with E-state index in [2.05, 4.69) is 0 Å². The Kier molecular flexibility index (Phi) is 3.78. The Morgan fingerprint density at radius 3 is 2.58 bits per heavy atom. The molecule has 0 aliphatic rings. The van der Waals surface area contributed by atoms with Crippen molar-refractivity contribution in [3.05, 3.63) is 40.9 Å². The van der Waals surface area contributed by atoms with Crippen LogP contribution in [0.15, 0.2) is 35.3 Å². The number of carbonyl (C=O) groups is 1. The molecule has 0 heterocycles. The molecule has 2 heteroatoms. The SMILES string of the molecule is CC(=O)[Se]/C=C\c1ccccc1. The Morgan fingerprint density at radius 2 is 2.00 bits per heavy atom. The van der Waals surface area contributed by atoms with Crippen molar-refractivity contribution in [2.45, 2.75) is 6.92 Å². The molecule has 62 valence electrons. The molecule has 0 aliphatic heterocycles. The van der Waals surface area contributed by atoms with Crippen LogP contribution >= 0.6 is 0 Å². The summed E-state index contributed by atoms with van der Waals surface area (Å²) in [6, 6.07) is 9.99. The molecule has 1 nitrogen and oxygen atoms in total. The van der Waals surface area contributed by atoms with Gasteiger partial charge in [0.1, 0.15) is 0 Å². The maximum atomic E-state index is 10.6. The van der Waals surface area contributed by atoms with Gasteiger partial charge in [0.05, 0.1) is 0 Å². The van der Waals surface area contributed by atoms with E-state index < -0.39 is 0 Å². The summed E-state index contributed by atoms with van der Waals surface area (Å²) in [5, 5.41) is 0. The van der Waals surface area contributed by atoms with Crippen LogP contribution in [0.3, 0.4) is 0 Å². The van der Waals surface area contributed by atoms with Crippen molar-refractivity contribution in [3.8, 4) is 0 Å². The van der Waals surface area contributed by atoms with Crippen LogP contribution in [0.5, 0.6) is 0 Å². The zero-order chi connectivity index (χ0) is 8.81. The first kappa shape index (κ1) is 9.24. The van der Waals surface area contributed by atoms with Crippen molar-refractivity contribution < 1.29 is 4.79 Å². The summed E-state index contributed by atoms with van der Waals surface area (Å²) < 4.78 is 0.259. The molecule has 0 radical (unpaired) electrons. The molecule has 0 saturated heterocycles. The van der Waals surface area contributed by atoms with Gasteiger partial charge < -0.3 is 0 Å². The summed E-state index contributed by atoms with van der Waals surface area (Å²) in [6.45, 7) is 1.62. The van der Waals surface area contributed by atoms with E-state index >= 15 is 0 Å². The average molecular weight is 225 g/mol. The van der Waals surface area contributed by atoms with Crippen LogP contribution in [0.1, 0.15) is 12.5 Å². The van der Waals surface area contributed by atoms with Crippen LogP contribution in [0.25, 0.3) is 6.08 Å². The Bertz CT molecular complexity index is 277. The van der Waals surface area contributed by atoms with Gasteiger partial charge >= 0.3 is 78.3 Å². The van der Waals surface area contributed by atoms with E-state index in [-0.39, 0.29) is 19.6 Å². The third-order valence-electron chi connectivity index (χ3n) is 1.29. The molecule has 1 aromatic rings. The maximum absolute atomic E-state index is 10.6. The van der Waals surface area contributed by atoms with Crippen LogP contribution in [0, 0.1) is 0 Å². The van der Waals surface area contributed by atoms with E-state index in [0.29, 0.717) is 0 Å². The second kappa shape index (κ2) is 4.91. The quantitative estimate of drug-likeness (QED) is 0.718. The van der Waals surface area contributed by atoms with Gasteiger partial charge in [-0.3, -0.25) is 0 Å². The average Bonchev–Trinajstić information content (AvgIpc) is 2.05. The summed E-state index contributed by atoms with van der Waals surface area (Å²) >= 11 is 0.00976. The summed E-state index contributed by atoms with van der Waals surface area (Å²) in [4.78, 5) is 12.6. The predicted octanol–water partition coefficient (Wildman–Crippen LogP) is 1.91. The van der Waals surface area contributed by atoms with E-state index in [1.54, 1.807) is 6.92 Å². The molecule has 12 heavy (non-hydrogen) atoms. The predicted molar refractivity (Wildman–Crippen MR) is 51.9 cm³/mol. The molecule has 0 aliphatic carbocycles. The molecule has 0 N–H and O–H groups in total. The number of carbonyl (C=O) groups excluding carboxylic acids is 1. The molecule has 0 aromatic heterocycles. The summed E-state index contributed by atoms with van der Waals surface area (Å²) in [7, 11) is 0.